The number of aliphatic imine (C=N–C) groups is 1. The summed E-state index contributed by atoms with van der Waals surface area (Å²) in [7, 11) is 3.51. The van der Waals surface area contributed by atoms with Crippen LogP contribution in [-0.4, -0.2) is 37.0 Å². The Hall–Kier alpha value is -2.92. The van der Waals surface area contributed by atoms with Crippen molar-refractivity contribution in [3.05, 3.63) is 65.7 Å². The maximum Gasteiger partial charge on any atom is 0.262 e. The molecule has 0 saturated heterocycles. The van der Waals surface area contributed by atoms with Crippen LogP contribution in [0, 0.1) is 5.41 Å². The zero-order chi connectivity index (χ0) is 21.8. The van der Waals surface area contributed by atoms with Crippen molar-refractivity contribution in [2.24, 2.45) is 16.1 Å². The first-order valence-electron chi connectivity index (χ1n) is 11.0. The van der Waals surface area contributed by atoms with Crippen LogP contribution in [0.4, 0.5) is 0 Å². The number of guanidine groups is 1. The number of benzene rings is 2. The zero-order valence-electron chi connectivity index (χ0n) is 18.2. The molecular weight excluding hydrogens is 386 g/mol. The molecule has 2 spiro atoms. The van der Waals surface area contributed by atoms with Gasteiger partial charge in [0.1, 0.15) is 0 Å². The van der Waals surface area contributed by atoms with E-state index in [-0.39, 0.29) is 17.4 Å². The number of nitrogens with two attached hydrogens (primary N) is 1. The molecule has 1 amide bonds. The van der Waals surface area contributed by atoms with Gasteiger partial charge in [-0.3, -0.25) is 9.69 Å². The van der Waals surface area contributed by atoms with Gasteiger partial charge >= 0.3 is 0 Å². The molecule has 1 saturated carbocycles. The van der Waals surface area contributed by atoms with Gasteiger partial charge < -0.3 is 10.5 Å². The van der Waals surface area contributed by atoms with Crippen molar-refractivity contribution in [1.29, 1.82) is 0 Å². The molecular formula is C26H29N3O2. The van der Waals surface area contributed by atoms with Gasteiger partial charge in [-0.15, -0.1) is 0 Å². The van der Waals surface area contributed by atoms with Crippen molar-refractivity contribution in [3.63, 3.8) is 0 Å². The highest BCUT2D eigenvalue weighted by Gasteiger charge is 2.66. The van der Waals surface area contributed by atoms with Gasteiger partial charge in [0.15, 0.2) is 11.5 Å². The Morgan fingerprint density at radius 1 is 1.19 bits per heavy atom. The first-order valence-corrected chi connectivity index (χ1v) is 11.0. The minimum absolute atomic E-state index is 0.00314. The monoisotopic (exact) mass is 415 g/mol. The van der Waals surface area contributed by atoms with Gasteiger partial charge in [-0.25, -0.2) is 4.99 Å². The van der Waals surface area contributed by atoms with Crippen LogP contribution in [-0.2, 0) is 21.5 Å². The van der Waals surface area contributed by atoms with Crippen molar-refractivity contribution in [2.75, 3.05) is 14.2 Å². The molecule has 3 aliphatic rings. The molecule has 5 rings (SSSR count). The summed E-state index contributed by atoms with van der Waals surface area (Å²) in [5.41, 5.74) is 10.5. The number of rotatable bonds is 3. The molecule has 0 bridgehead atoms. The van der Waals surface area contributed by atoms with Gasteiger partial charge in [0.05, 0.1) is 6.10 Å². The van der Waals surface area contributed by atoms with Crippen molar-refractivity contribution in [1.82, 2.24) is 4.90 Å². The van der Waals surface area contributed by atoms with Crippen molar-refractivity contribution < 1.29 is 9.53 Å². The number of hydrogen-bond acceptors (Lipinski definition) is 4. The molecule has 1 heterocycles. The molecule has 2 N–H and O–H groups in total. The third-order valence-electron chi connectivity index (χ3n) is 7.71. The van der Waals surface area contributed by atoms with Crippen LogP contribution in [0.25, 0.3) is 17.2 Å². The molecule has 2 aromatic rings. The topological polar surface area (TPSA) is 67.9 Å². The lowest BCUT2D eigenvalue weighted by atomic mass is 9.61. The summed E-state index contributed by atoms with van der Waals surface area (Å²) in [5.74, 6) is 0.307. The molecule has 2 aliphatic carbocycles. The summed E-state index contributed by atoms with van der Waals surface area (Å²) >= 11 is 0. The van der Waals surface area contributed by atoms with Crippen LogP contribution < -0.4 is 5.73 Å². The van der Waals surface area contributed by atoms with Crippen molar-refractivity contribution in [2.45, 2.75) is 43.7 Å². The second-order valence-electron chi connectivity index (χ2n) is 9.14. The third-order valence-corrected chi connectivity index (χ3v) is 7.71. The first kappa shape index (κ1) is 20.0. The summed E-state index contributed by atoms with van der Waals surface area (Å²) in [6.07, 6.45) is 6.62. The minimum Gasteiger partial charge on any atom is -0.381 e. The maximum absolute atomic E-state index is 13.8. The van der Waals surface area contributed by atoms with E-state index >= 15 is 0 Å². The SMILES string of the molecule is C=Cc1cccc(-c2ccc3c(c2)C2(N=C(N)N(C)C2=O)C2(CCC(OC)CC2)C3)c1. The number of hydrogen-bond donors (Lipinski definition) is 1. The van der Waals surface area contributed by atoms with E-state index in [1.165, 1.54) is 10.5 Å². The molecule has 5 heteroatoms. The second-order valence-corrected chi connectivity index (χ2v) is 9.14. The second kappa shape index (κ2) is 7.06. The number of nitrogens with zero attached hydrogens (tertiary/aromatic N) is 2. The Labute approximate surface area is 183 Å². The van der Waals surface area contributed by atoms with E-state index in [0.717, 1.165) is 54.4 Å². The van der Waals surface area contributed by atoms with Gasteiger partial charge in [-0.2, -0.15) is 0 Å². The molecule has 1 fully saturated rings. The maximum atomic E-state index is 13.8. The van der Waals surface area contributed by atoms with E-state index < -0.39 is 5.54 Å². The number of amides is 1. The van der Waals surface area contributed by atoms with Crippen LogP contribution in [0.2, 0.25) is 0 Å². The quantitative estimate of drug-likeness (QED) is 0.820. The molecule has 1 atom stereocenters. The number of fused-ring (bicyclic) bond motifs is 3. The van der Waals surface area contributed by atoms with Gasteiger partial charge in [0, 0.05) is 19.6 Å². The molecule has 1 aliphatic heterocycles. The fourth-order valence-corrected chi connectivity index (χ4v) is 5.95. The highest BCUT2D eigenvalue weighted by molar-refractivity contribution is 6.08. The van der Waals surface area contributed by atoms with Crippen LogP contribution in [0.5, 0.6) is 0 Å². The van der Waals surface area contributed by atoms with E-state index in [2.05, 4.69) is 36.9 Å². The molecule has 0 radical (unpaired) electrons. The summed E-state index contributed by atoms with van der Waals surface area (Å²) in [5, 5.41) is 0. The summed E-state index contributed by atoms with van der Waals surface area (Å²) in [6.45, 7) is 3.89. The van der Waals surface area contributed by atoms with E-state index in [4.69, 9.17) is 15.5 Å². The Morgan fingerprint density at radius 2 is 1.94 bits per heavy atom. The fraction of sp³-hybridized carbons (Fsp3) is 0.385. The van der Waals surface area contributed by atoms with Crippen LogP contribution in [0.1, 0.15) is 42.4 Å². The number of carbonyl (C=O) groups is 1. The van der Waals surface area contributed by atoms with Gasteiger partial charge in [0.25, 0.3) is 5.91 Å². The predicted molar refractivity (Wildman–Crippen MR) is 123 cm³/mol. The van der Waals surface area contributed by atoms with Crippen LogP contribution in [0.15, 0.2) is 54.0 Å². The van der Waals surface area contributed by atoms with E-state index in [1.54, 1.807) is 14.2 Å². The molecule has 160 valence electrons. The number of likely N-dealkylation sites (N-methyl/N-ethyl adjacent to an activating group) is 1. The summed E-state index contributed by atoms with van der Waals surface area (Å²) in [6, 6.07) is 14.8. The summed E-state index contributed by atoms with van der Waals surface area (Å²) < 4.78 is 5.63. The third kappa shape index (κ3) is 2.72. The Balaban J connectivity index is 1.67. The van der Waals surface area contributed by atoms with Gasteiger partial charge in [-0.1, -0.05) is 43.0 Å². The Morgan fingerprint density at radius 3 is 2.58 bits per heavy atom. The standard InChI is InChI=1S/C26H29N3O2/c1-4-17-6-5-7-18(14-17)19-8-9-20-16-25(12-10-21(31-3)11-13-25)26(22(20)15-19)23(30)29(2)24(27)28-26/h4-9,14-15,21H,1,10-13,16H2,2-3H3,(H2,27,28). The van der Waals surface area contributed by atoms with Crippen molar-refractivity contribution >= 4 is 17.9 Å². The van der Waals surface area contributed by atoms with E-state index in [0.29, 0.717) is 5.96 Å². The highest BCUT2D eigenvalue weighted by atomic mass is 16.5. The largest absolute Gasteiger partial charge is 0.381 e. The fourth-order valence-electron chi connectivity index (χ4n) is 5.95. The lowest BCUT2D eigenvalue weighted by molar-refractivity contribution is -0.137. The van der Waals surface area contributed by atoms with E-state index in [9.17, 15) is 4.79 Å². The van der Waals surface area contributed by atoms with Crippen LogP contribution in [0.3, 0.4) is 0 Å². The Kier molecular flexibility index (Phi) is 4.56. The van der Waals surface area contributed by atoms with Crippen molar-refractivity contribution in [3.8, 4) is 11.1 Å². The molecule has 0 aromatic heterocycles. The van der Waals surface area contributed by atoms with Gasteiger partial charge in [-0.05, 0) is 72.1 Å². The average molecular weight is 416 g/mol. The number of methoxy groups -OCH3 is 1. The molecule has 2 aromatic carbocycles. The molecule has 5 nitrogen and oxygen atoms in total. The molecule has 1 unspecified atom stereocenters. The normalized spacial score (nSPS) is 29.5. The minimum atomic E-state index is -0.939. The number of carbonyl (C=O) groups excluding carboxylic acids is 1. The first-order chi connectivity index (χ1) is 14.9. The zero-order valence-corrected chi connectivity index (χ0v) is 18.2. The number of ether oxygens (including phenoxy) is 1. The smallest absolute Gasteiger partial charge is 0.262 e. The lowest BCUT2D eigenvalue weighted by Crippen LogP contribution is -2.51. The van der Waals surface area contributed by atoms with E-state index in [1.807, 2.05) is 18.2 Å². The van der Waals surface area contributed by atoms with Gasteiger partial charge in [0.2, 0.25) is 0 Å². The average Bonchev–Trinajstić information content (AvgIpc) is 3.20. The Bertz CT molecular complexity index is 1100. The summed E-state index contributed by atoms with van der Waals surface area (Å²) in [4.78, 5) is 20.2. The lowest BCUT2D eigenvalue weighted by Gasteiger charge is -2.45. The molecule has 31 heavy (non-hydrogen) atoms. The highest BCUT2D eigenvalue weighted by Crippen LogP contribution is 2.62. The van der Waals surface area contributed by atoms with Crippen LogP contribution >= 0.6 is 0 Å². The predicted octanol–water partition coefficient (Wildman–Crippen LogP) is 4.11.